The zero-order valence-electron chi connectivity index (χ0n) is 18.9. The number of oxazole rings is 1. The van der Waals surface area contributed by atoms with Crippen LogP contribution in [0.5, 0.6) is 0 Å². The molecule has 0 atom stereocenters. The first kappa shape index (κ1) is 21.2. The Morgan fingerprint density at radius 2 is 2.03 bits per heavy atom. The predicted molar refractivity (Wildman–Crippen MR) is 123 cm³/mol. The van der Waals surface area contributed by atoms with E-state index in [2.05, 4.69) is 50.4 Å². The molecule has 5 heterocycles. The lowest BCUT2D eigenvalue weighted by atomic mass is 9.86. The molecule has 5 rings (SSSR count). The highest BCUT2D eigenvalue weighted by atomic mass is 16.3. The summed E-state index contributed by atoms with van der Waals surface area (Å²) in [4.78, 5) is 28.1. The van der Waals surface area contributed by atoms with E-state index >= 15 is 0 Å². The monoisotopic (exact) mass is 446 g/mol. The molecule has 1 aliphatic rings. The van der Waals surface area contributed by atoms with E-state index in [1.807, 2.05) is 13.2 Å². The summed E-state index contributed by atoms with van der Waals surface area (Å²) in [6, 6.07) is 4.48. The maximum Gasteiger partial charge on any atom is 0.278 e. The molecule has 0 unspecified atom stereocenters. The van der Waals surface area contributed by atoms with Gasteiger partial charge in [-0.3, -0.25) is 9.48 Å². The second-order valence-electron chi connectivity index (χ2n) is 8.70. The molecule has 10 nitrogen and oxygen atoms in total. The van der Waals surface area contributed by atoms with E-state index < -0.39 is 5.91 Å². The summed E-state index contributed by atoms with van der Waals surface area (Å²) in [5.74, 6) is 0.393. The molecule has 4 aromatic heterocycles. The highest BCUT2D eigenvalue weighted by molar-refractivity contribution is 6.02. The van der Waals surface area contributed by atoms with Crippen LogP contribution in [0.2, 0.25) is 0 Å². The van der Waals surface area contributed by atoms with E-state index in [4.69, 9.17) is 9.40 Å². The number of anilines is 1. The van der Waals surface area contributed by atoms with Crippen LogP contribution in [-0.4, -0.2) is 59.9 Å². The van der Waals surface area contributed by atoms with Crippen molar-refractivity contribution in [3.63, 3.8) is 0 Å². The smallest absolute Gasteiger partial charge is 0.278 e. The van der Waals surface area contributed by atoms with Crippen molar-refractivity contribution in [3.8, 4) is 11.4 Å². The molecule has 10 heteroatoms. The molecule has 170 valence electrons. The first-order chi connectivity index (χ1) is 16.0. The summed E-state index contributed by atoms with van der Waals surface area (Å²) in [5, 5.41) is 12.1. The molecule has 4 aromatic rings. The Morgan fingerprint density at radius 3 is 2.70 bits per heavy atom. The molecule has 0 bridgehead atoms. The van der Waals surface area contributed by atoms with Gasteiger partial charge in [0.2, 0.25) is 0 Å². The Morgan fingerprint density at radius 1 is 1.21 bits per heavy atom. The van der Waals surface area contributed by atoms with Gasteiger partial charge in [0.15, 0.2) is 12.1 Å². The van der Waals surface area contributed by atoms with Crippen LogP contribution in [0.15, 0.2) is 41.6 Å². The largest absolute Gasteiger partial charge is 0.451 e. The third-order valence-electron chi connectivity index (χ3n) is 6.18. The van der Waals surface area contributed by atoms with Crippen molar-refractivity contribution in [1.29, 1.82) is 0 Å². The Kier molecular flexibility index (Phi) is 5.59. The maximum absolute atomic E-state index is 12.3. The summed E-state index contributed by atoms with van der Waals surface area (Å²) < 4.78 is 6.56. The van der Waals surface area contributed by atoms with Gasteiger partial charge in [0.25, 0.3) is 5.91 Å². The third-order valence-corrected chi connectivity index (χ3v) is 6.18. The zero-order valence-corrected chi connectivity index (χ0v) is 18.9. The Bertz CT molecular complexity index is 1270. The number of carbonyl (C=O) groups excluding carboxylic acids is 1. The summed E-state index contributed by atoms with van der Waals surface area (Å²) in [6.07, 6.45) is 8.27. The average molecular weight is 447 g/mol. The van der Waals surface area contributed by atoms with Crippen LogP contribution in [-0.2, 0) is 7.05 Å². The van der Waals surface area contributed by atoms with Gasteiger partial charge in [0.1, 0.15) is 17.8 Å². The van der Waals surface area contributed by atoms with Gasteiger partial charge in [-0.1, -0.05) is 5.21 Å². The third kappa shape index (κ3) is 4.34. The molecule has 33 heavy (non-hydrogen) atoms. The molecule has 0 radical (unpaired) electrons. The van der Waals surface area contributed by atoms with Gasteiger partial charge in [-0.2, -0.15) is 0 Å². The number of aryl methyl sites for hydroxylation is 1. The zero-order chi connectivity index (χ0) is 22.9. The predicted octanol–water partition coefficient (Wildman–Crippen LogP) is 3.25. The van der Waals surface area contributed by atoms with Crippen LogP contribution >= 0.6 is 0 Å². The summed E-state index contributed by atoms with van der Waals surface area (Å²) in [7, 11) is 1.85. The minimum Gasteiger partial charge on any atom is -0.451 e. The summed E-state index contributed by atoms with van der Waals surface area (Å²) >= 11 is 0. The number of fused-ring (bicyclic) bond motifs is 1. The molecule has 1 aliphatic heterocycles. The number of likely N-dealkylation sites (tertiary alicyclic amines) is 1. The van der Waals surface area contributed by atoms with E-state index in [1.165, 1.54) is 18.2 Å². The van der Waals surface area contributed by atoms with Crippen molar-refractivity contribution in [2.45, 2.75) is 38.6 Å². The van der Waals surface area contributed by atoms with Crippen LogP contribution < -0.4 is 5.32 Å². The number of hydrogen-bond donors (Lipinski definition) is 1. The highest BCUT2D eigenvalue weighted by Gasteiger charge is 2.26. The number of hydrogen-bond acceptors (Lipinski definition) is 8. The number of amides is 1. The lowest BCUT2D eigenvalue weighted by molar-refractivity contribution is 0.102. The molecule has 1 N–H and O–H groups in total. The minimum absolute atomic E-state index is 0.188. The highest BCUT2D eigenvalue weighted by Crippen LogP contribution is 2.36. The first-order valence-corrected chi connectivity index (χ1v) is 11.1. The fourth-order valence-corrected chi connectivity index (χ4v) is 4.36. The lowest BCUT2D eigenvalue weighted by Gasteiger charge is -2.35. The van der Waals surface area contributed by atoms with Gasteiger partial charge in [-0.15, -0.1) is 5.10 Å². The van der Waals surface area contributed by atoms with Gasteiger partial charge >= 0.3 is 0 Å². The molecule has 0 aliphatic carbocycles. The number of pyridine rings is 2. The molecular weight excluding hydrogens is 420 g/mol. The van der Waals surface area contributed by atoms with E-state index in [0.29, 0.717) is 17.8 Å². The Hall–Kier alpha value is -3.66. The van der Waals surface area contributed by atoms with Crippen molar-refractivity contribution >= 4 is 22.6 Å². The first-order valence-electron chi connectivity index (χ1n) is 11.1. The van der Waals surface area contributed by atoms with Crippen molar-refractivity contribution < 1.29 is 9.21 Å². The van der Waals surface area contributed by atoms with Crippen LogP contribution in [0.4, 0.5) is 5.82 Å². The van der Waals surface area contributed by atoms with Gasteiger partial charge in [-0.25, -0.2) is 15.0 Å². The van der Waals surface area contributed by atoms with Gasteiger partial charge in [0, 0.05) is 30.7 Å². The summed E-state index contributed by atoms with van der Waals surface area (Å²) in [6.45, 7) is 6.61. The topological polar surface area (TPSA) is 115 Å². The number of piperidine rings is 1. The van der Waals surface area contributed by atoms with E-state index in [0.717, 1.165) is 48.2 Å². The van der Waals surface area contributed by atoms with Gasteiger partial charge < -0.3 is 14.6 Å². The fraction of sp³-hybridized carbons (Fsp3) is 0.391. The van der Waals surface area contributed by atoms with Crippen molar-refractivity contribution in [2.75, 3.05) is 18.4 Å². The van der Waals surface area contributed by atoms with Crippen molar-refractivity contribution in [3.05, 3.63) is 48.4 Å². The average Bonchev–Trinajstić information content (AvgIpc) is 3.50. The minimum atomic E-state index is -0.390. The van der Waals surface area contributed by atoms with E-state index in [1.54, 1.807) is 16.9 Å². The van der Waals surface area contributed by atoms with Crippen LogP contribution in [0.25, 0.3) is 22.3 Å². The van der Waals surface area contributed by atoms with E-state index in [-0.39, 0.29) is 5.69 Å². The molecule has 0 aromatic carbocycles. The molecular formula is C23H26N8O2. The molecule has 1 amide bonds. The number of rotatable bonds is 5. The van der Waals surface area contributed by atoms with Crippen LogP contribution in [0.1, 0.15) is 48.7 Å². The molecule has 1 saturated heterocycles. The van der Waals surface area contributed by atoms with Crippen molar-refractivity contribution in [2.24, 2.45) is 7.05 Å². The number of aromatic nitrogens is 6. The standard InChI is InChI=1S/C23H26N8O2/c1-14(2)31-6-4-15(5-7-31)17-8-16-10-24-21(27-23(32)20-12-33-13-25-20)9-18(16)26-22(17)19-11-30(3)29-28-19/h8-15H,4-7H2,1-3H3,(H,24,27,32). The number of nitrogens with one attached hydrogen (secondary N) is 1. The molecule has 0 spiro atoms. The fourth-order valence-electron chi connectivity index (χ4n) is 4.36. The van der Waals surface area contributed by atoms with Gasteiger partial charge in [0.05, 0.1) is 17.4 Å². The molecule has 0 saturated carbocycles. The SMILES string of the molecule is CC(C)N1CCC(c2cc3cnc(NC(=O)c4cocn4)cc3nc2-c2cn(C)nn2)CC1. The van der Waals surface area contributed by atoms with E-state index in [9.17, 15) is 4.79 Å². The Balaban J connectivity index is 1.51. The second-order valence-corrected chi connectivity index (χ2v) is 8.70. The lowest BCUT2D eigenvalue weighted by Crippen LogP contribution is -2.37. The van der Waals surface area contributed by atoms with Crippen molar-refractivity contribution in [1.82, 2.24) is 34.8 Å². The second kappa shape index (κ2) is 8.70. The van der Waals surface area contributed by atoms with Crippen LogP contribution in [0, 0.1) is 0 Å². The number of carbonyl (C=O) groups is 1. The summed E-state index contributed by atoms with van der Waals surface area (Å²) in [5.41, 5.74) is 3.66. The number of nitrogens with zero attached hydrogens (tertiary/aromatic N) is 7. The maximum atomic E-state index is 12.3. The van der Waals surface area contributed by atoms with Gasteiger partial charge in [-0.05, 0) is 57.3 Å². The normalized spacial score (nSPS) is 15.4. The molecule has 1 fully saturated rings. The Labute approximate surface area is 191 Å². The quantitative estimate of drug-likeness (QED) is 0.497. The van der Waals surface area contributed by atoms with Crippen LogP contribution in [0.3, 0.4) is 0 Å².